The van der Waals surface area contributed by atoms with Crippen molar-refractivity contribution in [1.29, 1.82) is 0 Å². The molecule has 2 aromatic rings. The molecule has 0 aliphatic rings. The smallest absolute Gasteiger partial charge is 0.294 e. The van der Waals surface area contributed by atoms with Gasteiger partial charge in [0.25, 0.3) is 10.1 Å². The van der Waals surface area contributed by atoms with Crippen molar-refractivity contribution in [3.8, 4) is 5.75 Å². The lowest BCUT2D eigenvalue weighted by molar-refractivity contribution is 0.465. The van der Waals surface area contributed by atoms with E-state index in [0.717, 1.165) is 6.07 Å². The molecule has 0 aromatic heterocycles. The summed E-state index contributed by atoms with van der Waals surface area (Å²) in [6, 6.07) is 10.4. The normalized spacial score (nSPS) is 11.8. The van der Waals surface area contributed by atoms with E-state index >= 15 is 0 Å². The number of phenols is 1. The summed E-state index contributed by atoms with van der Waals surface area (Å²) >= 11 is 0. The van der Waals surface area contributed by atoms with Crippen LogP contribution in [0.25, 0.3) is 0 Å². The van der Waals surface area contributed by atoms with Crippen LogP contribution in [0, 0.1) is 0 Å². The van der Waals surface area contributed by atoms with Gasteiger partial charge < -0.3 is 10.8 Å². The summed E-state index contributed by atoms with van der Waals surface area (Å²) in [7, 11) is -4.34. The fraction of sp³-hybridized carbons (Fsp3) is 0. The van der Waals surface area contributed by atoms with Crippen LogP contribution in [-0.2, 0) is 10.1 Å². The molecular weight excluding hydrogens is 280 g/mol. The number of rotatable bonds is 3. The number of benzene rings is 2. The Morgan fingerprint density at radius 1 is 1.15 bits per heavy atom. The highest BCUT2D eigenvalue weighted by atomic mass is 32.2. The fourth-order valence-electron chi connectivity index (χ4n) is 1.54. The van der Waals surface area contributed by atoms with Crippen LogP contribution in [0.2, 0.25) is 0 Å². The first-order valence-corrected chi connectivity index (χ1v) is 7.01. The number of hydrogen-bond donors (Lipinski definition) is 3. The Hall–Kier alpha value is -2.38. The molecule has 104 valence electrons. The first-order chi connectivity index (χ1) is 9.38. The second kappa shape index (κ2) is 5.32. The van der Waals surface area contributed by atoms with Crippen molar-refractivity contribution >= 4 is 27.7 Å². The fourth-order valence-corrected chi connectivity index (χ4v) is 2.04. The van der Waals surface area contributed by atoms with Crippen LogP contribution in [0.5, 0.6) is 5.75 Å². The number of nitrogen functional groups attached to an aromatic ring is 1. The third kappa shape index (κ3) is 3.14. The molecule has 2 rings (SSSR count). The van der Waals surface area contributed by atoms with Gasteiger partial charge >= 0.3 is 0 Å². The van der Waals surface area contributed by atoms with Crippen molar-refractivity contribution in [3.63, 3.8) is 0 Å². The highest BCUT2D eigenvalue weighted by Crippen LogP contribution is 2.23. The topological polar surface area (TPSA) is 113 Å². The van der Waals surface area contributed by atoms with Gasteiger partial charge in [0, 0.05) is 17.8 Å². The van der Waals surface area contributed by atoms with Gasteiger partial charge in [0.05, 0.1) is 16.3 Å². The van der Waals surface area contributed by atoms with E-state index in [-0.39, 0.29) is 10.6 Å². The molecule has 0 saturated heterocycles. The van der Waals surface area contributed by atoms with E-state index in [1.165, 1.54) is 18.3 Å². The van der Waals surface area contributed by atoms with Crippen LogP contribution in [0.4, 0.5) is 11.4 Å². The molecule has 0 aliphatic heterocycles. The van der Waals surface area contributed by atoms with Gasteiger partial charge in [-0.15, -0.1) is 0 Å². The maximum atomic E-state index is 10.9. The molecule has 20 heavy (non-hydrogen) atoms. The number of nitrogens with two attached hydrogens (primary N) is 1. The molecule has 0 spiro atoms. The Morgan fingerprint density at radius 3 is 2.45 bits per heavy atom. The van der Waals surface area contributed by atoms with E-state index < -0.39 is 10.1 Å². The van der Waals surface area contributed by atoms with E-state index in [4.69, 9.17) is 10.3 Å². The molecule has 4 N–H and O–H groups in total. The SMILES string of the molecule is Nc1ccccc1N=Cc1ccc(S(=O)(=O)O)cc1O. The van der Waals surface area contributed by atoms with Crippen molar-refractivity contribution in [2.75, 3.05) is 5.73 Å². The van der Waals surface area contributed by atoms with Crippen molar-refractivity contribution in [1.82, 2.24) is 0 Å². The molecule has 0 saturated carbocycles. The first kappa shape index (κ1) is 14.0. The number of anilines is 1. The molecule has 0 radical (unpaired) electrons. The summed E-state index contributed by atoms with van der Waals surface area (Å²) < 4.78 is 30.7. The maximum Gasteiger partial charge on any atom is 0.294 e. The van der Waals surface area contributed by atoms with Crippen molar-refractivity contribution in [2.24, 2.45) is 4.99 Å². The lowest BCUT2D eigenvalue weighted by Gasteiger charge is -2.02. The van der Waals surface area contributed by atoms with Gasteiger partial charge in [-0.1, -0.05) is 12.1 Å². The van der Waals surface area contributed by atoms with E-state index in [2.05, 4.69) is 4.99 Å². The molecule has 0 atom stereocenters. The van der Waals surface area contributed by atoms with Crippen LogP contribution in [0.15, 0.2) is 52.4 Å². The minimum Gasteiger partial charge on any atom is -0.507 e. The van der Waals surface area contributed by atoms with Gasteiger partial charge in [0.2, 0.25) is 0 Å². The molecule has 0 aliphatic carbocycles. The molecule has 7 heteroatoms. The third-order valence-electron chi connectivity index (χ3n) is 2.58. The maximum absolute atomic E-state index is 10.9. The summed E-state index contributed by atoms with van der Waals surface area (Å²) in [5.74, 6) is -0.307. The molecule has 0 amide bonds. The highest BCUT2D eigenvalue weighted by Gasteiger charge is 2.11. The third-order valence-corrected chi connectivity index (χ3v) is 3.43. The largest absolute Gasteiger partial charge is 0.507 e. The summed E-state index contributed by atoms with van der Waals surface area (Å²) in [4.78, 5) is 3.72. The van der Waals surface area contributed by atoms with Crippen LogP contribution < -0.4 is 5.73 Å². The van der Waals surface area contributed by atoms with Crippen LogP contribution in [0.3, 0.4) is 0 Å². The highest BCUT2D eigenvalue weighted by molar-refractivity contribution is 7.85. The lowest BCUT2D eigenvalue weighted by Crippen LogP contribution is -1.98. The summed E-state index contributed by atoms with van der Waals surface area (Å²) in [5, 5.41) is 9.70. The Labute approximate surface area is 116 Å². The summed E-state index contributed by atoms with van der Waals surface area (Å²) in [6.45, 7) is 0. The van der Waals surface area contributed by atoms with Crippen LogP contribution in [0.1, 0.15) is 5.56 Å². The monoisotopic (exact) mass is 292 g/mol. The molecule has 0 heterocycles. The predicted molar refractivity (Wildman–Crippen MR) is 76.0 cm³/mol. The Balaban J connectivity index is 2.34. The van der Waals surface area contributed by atoms with Gasteiger partial charge in [-0.3, -0.25) is 9.55 Å². The van der Waals surface area contributed by atoms with Gasteiger partial charge in [0.15, 0.2) is 0 Å². The molecule has 6 nitrogen and oxygen atoms in total. The average molecular weight is 292 g/mol. The van der Waals surface area contributed by atoms with Crippen LogP contribution in [-0.4, -0.2) is 24.3 Å². The lowest BCUT2D eigenvalue weighted by atomic mass is 10.2. The Bertz CT molecular complexity index is 770. The molecule has 0 bridgehead atoms. The average Bonchev–Trinajstić information content (AvgIpc) is 2.38. The zero-order valence-corrected chi connectivity index (χ0v) is 11.1. The second-order valence-electron chi connectivity index (χ2n) is 4.01. The van der Waals surface area contributed by atoms with Crippen LogP contribution >= 0.6 is 0 Å². The van der Waals surface area contributed by atoms with Crippen molar-refractivity contribution < 1.29 is 18.1 Å². The van der Waals surface area contributed by atoms with Gasteiger partial charge in [-0.25, -0.2) is 0 Å². The van der Waals surface area contributed by atoms with E-state index in [1.807, 2.05) is 0 Å². The second-order valence-corrected chi connectivity index (χ2v) is 5.43. The van der Waals surface area contributed by atoms with E-state index in [9.17, 15) is 13.5 Å². The number of aliphatic imine (C=N–C) groups is 1. The number of aromatic hydroxyl groups is 1. The Kier molecular flexibility index (Phi) is 3.73. The molecule has 0 unspecified atom stereocenters. The number of nitrogens with zero attached hydrogens (tertiary/aromatic N) is 1. The quantitative estimate of drug-likeness (QED) is 0.455. The summed E-state index contributed by atoms with van der Waals surface area (Å²) in [5.41, 5.74) is 7.04. The van der Waals surface area contributed by atoms with Crippen molar-refractivity contribution in [2.45, 2.75) is 4.90 Å². The number of para-hydroxylation sites is 2. The first-order valence-electron chi connectivity index (χ1n) is 5.57. The van der Waals surface area contributed by atoms with E-state index in [1.54, 1.807) is 24.3 Å². The zero-order chi connectivity index (χ0) is 14.8. The van der Waals surface area contributed by atoms with Crippen molar-refractivity contribution in [3.05, 3.63) is 48.0 Å². The van der Waals surface area contributed by atoms with Gasteiger partial charge in [0.1, 0.15) is 5.75 Å². The Morgan fingerprint density at radius 2 is 1.85 bits per heavy atom. The minimum absolute atomic E-state index is 0.306. The molecule has 0 fully saturated rings. The molecular formula is C13H12N2O4S. The standard InChI is InChI=1S/C13H12N2O4S/c14-11-3-1-2-4-12(11)15-8-9-5-6-10(7-13(9)16)20(17,18)19/h1-8,16H,14H2,(H,17,18,19). The molecule has 2 aromatic carbocycles. The summed E-state index contributed by atoms with van der Waals surface area (Å²) in [6.07, 6.45) is 1.36. The van der Waals surface area contributed by atoms with Gasteiger partial charge in [-0.2, -0.15) is 8.42 Å². The minimum atomic E-state index is -4.34. The number of phenolic OH excluding ortho intramolecular Hbond substituents is 1. The zero-order valence-electron chi connectivity index (χ0n) is 10.3. The van der Waals surface area contributed by atoms with Gasteiger partial charge in [-0.05, 0) is 24.3 Å². The number of hydrogen-bond acceptors (Lipinski definition) is 5. The van der Waals surface area contributed by atoms with E-state index in [0.29, 0.717) is 16.9 Å². The predicted octanol–water partition coefficient (Wildman–Crippen LogP) is 1.97.